The van der Waals surface area contributed by atoms with Crippen LogP contribution in [0.3, 0.4) is 0 Å². The number of aromatic nitrogens is 3. The van der Waals surface area contributed by atoms with E-state index in [2.05, 4.69) is 15.0 Å². The molecule has 2 aromatic rings. The third-order valence-electron chi connectivity index (χ3n) is 5.17. The summed E-state index contributed by atoms with van der Waals surface area (Å²) in [7, 11) is 0. The fourth-order valence-corrected chi connectivity index (χ4v) is 3.74. The summed E-state index contributed by atoms with van der Waals surface area (Å²) in [5, 5.41) is 0. The highest BCUT2D eigenvalue weighted by molar-refractivity contribution is 5.92. The van der Waals surface area contributed by atoms with Crippen molar-refractivity contribution in [3.8, 4) is 0 Å². The molecule has 2 aromatic heterocycles. The van der Waals surface area contributed by atoms with Crippen LogP contribution in [-0.4, -0.2) is 57.7 Å². The quantitative estimate of drug-likeness (QED) is 0.735. The predicted molar refractivity (Wildman–Crippen MR) is 93.2 cm³/mol. The number of carbonyl (C=O) groups excluding carboxylic acids is 1. The van der Waals surface area contributed by atoms with E-state index < -0.39 is 0 Å². The van der Waals surface area contributed by atoms with Gasteiger partial charge in [-0.1, -0.05) is 6.07 Å². The molecule has 0 unspecified atom stereocenters. The van der Waals surface area contributed by atoms with Gasteiger partial charge in [0.15, 0.2) is 0 Å². The van der Waals surface area contributed by atoms with Gasteiger partial charge in [-0.3, -0.25) is 14.8 Å². The van der Waals surface area contributed by atoms with Gasteiger partial charge in [0.05, 0.1) is 31.6 Å². The van der Waals surface area contributed by atoms with E-state index in [1.165, 1.54) is 12.4 Å². The van der Waals surface area contributed by atoms with E-state index in [1.54, 1.807) is 17.3 Å². The van der Waals surface area contributed by atoms with Crippen molar-refractivity contribution in [2.75, 3.05) is 26.3 Å². The average molecular weight is 354 g/mol. The number of rotatable bonds is 6. The van der Waals surface area contributed by atoms with Gasteiger partial charge in [0.2, 0.25) is 0 Å². The molecule has 1 spiro atoms. The molecule has 2 fully saturated rings. The van der Waals surface area contributed by atoms with Gasteiger partial charge < -0.3 is 14.4 Å². The van der Waals surface area contributed by atoms with E-state index in [0.29, 0.717) is 37.9 Å². The molecule has 1 atom stereocenters. The minimum Gasteiger partial charge on any atom is -0.375 e. The number of likely N-dealkylation sites (tertiary alicyclic amines) is 1. The summed E-state index contributed by atoms with van der Waals surface area (Å²) in [6.07, 6.45) is 8.33. The van der Waals surface area contributed by atoms with Gasteiger partial charge in [-0.05, 0) is 30.9 Å². The third kappa shape index (κ3) is 3.45. The first-order valence-corrected chi connectivity index (χ1v) is 8.94. The SMILES string of the molecule is O=C(c1cnccn1)N1CC2(C1)OCC[C@H]2CCOCc1ccccn1. The molecule has 2 aliphatic heterocycles. The largest absolute Gasteiger partial charge is 0.375 e. The van der Waals surface area contributed by atoms with Crippen LogP contribution in [0.4, 0.5) is 0 Å². The van der Waals surface area contributed by atoms with Crippen molar-refractivity contribution in [2.24, 2.45) is 5.92 Å². The van der Waals surface area contributed by atoms with E-state index in [0.717, 1.165) is 25.1 Å². The van der Waals surface area contributed by atoms with Crippen molar-refractivity contribution in [2.45, 2.75) is 25.0 Å². The standard InChI is InChI=1S/C19H22N4O3/c24-18(17-11-20-7-8-22-17)23-13-19(14-23)15(5-10-26-19)4-9-25-12-16-3-1-2-6-21-16/h1-3,6-8,11,15H,4-5,9-10,12-14H2/t15-/m1/s1. The van der Waals surface area contributed by atoms with E-state index in [9.17, 15) is 4.79 Å². The summed E-state index contributed by atoms with van der Waals surface area (Å²) in [5.74, 6) is 0.335. The Bertz CT molecular complexity index is 735. The Hall–Kier alpha value is -2.38. The smallest absolute Gasteiger partial charge is 0.274 e. The molecular weight excluding hydrogens is 332 g/mol. The summed E-state index contributed by atoms with van der Waals surface area (Å²) in [5.41, 5.74) is 1.11. The van der Waals surface area contributed by atoms with E-state index in [4.69, 9.17) is 9.47 Å². The molecule has 0 N–H and O–H groups in total. The number of carbonyl (C=O) groups is 1. The number of hydrogen-bond donors (Lipinski definition) is 0. The predicted octanol–water partition coefficient (Wildman–Crippen LogP) is 1.71. The molecular formula is C19H22N4O3. The molecule has 7 heteroatoms. The number of ether oxygens (including phenoxy) is 2. The van der Waals surface area contributed by atoms with Crippen molar-refractivity contribution in [3.05, 3.63) is 54.4 Å². The molecule has 0 aliphatic carbocycles. The van der Waals surface area contributed by atoms with Crippen LogP contribution in [0.25, 0.3) is 0 Å². The van der Waals surface area contributed by atoms with Crippen LogP contribution >= 0.6 is 0 Å². The van der Waals surface area contributed by atoms with Gasteiger partial charge >= 0.3 is 0 Å². The Morgan fingerprint density at radius 1 is 1.27 bits per heavy atom. The van der Waals surface area contributed by atoms with Crippen molar-refractivity contribution in [1.29, 1.82) is 0 Å². The van der Waals surface area contributed by atoms with Gasteiger partial charge in [-0.2, -0.15) is 0 Å². The van der Waals surface area contributed by atoms with Crippen LogP contribution in [0.5, 0.6) is 0 Å². The van der Waals surface area contributed by atoms with Crippen LogP contribution in [0, 0.1) is 5.92 Å². The second-order valence-electron chi connectivity index (χ2n) is 6.81. The Morgan fingerprint density at radius 2 is 2.19 bits per heavy atom. The monoisotopic (exact) mass is 354 g/mol. The molecule has 136 valence electrons. The fraction of sp³-hybridized carbons (Fsp3) is 0.474. The first kappa shape index (κ1) is 17.1. The molecule has 0 bridgehead atoms. The lowest BCUT2D eigenvalue weighted by Crippen LogP contribution is -2.66. The van der Waals surface area contributed by atoms with E-state index in [1.807, 2.05) is 18.2 Å². The molecule has 2 saturated heterocycles. The molecule has 4 heterocycles. The molecule has 4 rings (SSSR count). The number of nitrogens with zero attached hydrogens (tertiary/aromatic N) is 4. The normalized spacial score (nSPS) is 20.9. The highest BCUT2D eigenvalue weighted by Crippen LogP contribution is 2.42. The summed E-state index contributed by atoms with van der Waals surface area (Å²) in [6, 6.07) is 5.82. The Morgan fingerprint density at radius 3 is 2.96 bits per heavy atom. The van der Waals surface area contributed by atoms with Gasteiger partial charge in [0.1, 0.15) is 11.3 Å². The second kappa shape index (κ2) is 7.47. The Labute approximate surface area is 152 Å². The zero-order chi connectivity index (χ0) is 17.8. The van der Waals surface area contributed by atoms with E-state index >= 15 is 0 Å². The zero-order valence-corrected chi connectivity index (χ0v) is 14.6. The molecule has 2 aliphatic rings. The Kier molecular flexibility index (Phi) is 4.90. The van der Waals surface area contributed by atoms with Crippen molar-refractivity contribution in [3.63, 3.8) is 0 Å². The molecule has 7 nitrogen and oxygen atoms in total. The van der Waals surface area contributed by atoms with Gasteiger partial charge in [-0.15, -0.1) is 0 Å². The first-order chi connectivity index (χ1) is 12.8. The van der Waals surface area contributed by atoms with Crippen LogP contribution in [0.2, 0.25) is 0 Å². The highest BCUT2D eigenvalue weighted by Gasteiger charge is 2.54. The highest BCUT2D eigenvalue weighted by atomic mass is 16.5. The maximum absolute atomic E-state index is 12.4. The second-order valence-corrected chi connectivity index (χ2v) is 6.81. The number of hydrogen-bond acceptors (Lipinski definition) is 6. The molecule has 0 aromatic carbocycles. The van der Waals surface area contributed by atoms with Crippen LogP contribution in [0.15, 0.2) is 43.0 Å². The Balaban J connectivity index is 1.26. The summed E-state index contributed by atoms with van der Waals surface area (Å²) in [6.45, 7) is 3.18. The molecule has 0 radical (unpaired) electrons. The maximum atomic E-state index is 12.4. The molecule has 1 amide bonds. The number of pyridine rings is 1. The van der Waals surface area contributed by atoms with E-state index in [-0.39, 0.29) is 11.5 Å². The van der Waals surface area contributed by atoms with Crippen LogP contribution in [-0.2, 0) is 16.1 Å². The lowest BCUT2D eigenvalue weighted by Gasteiger charge is -2.50. The topological polar surface area (TPSA) is 77.4 Å². The van der Waals surface area contributed by atoms with Gasteiger partial charge in [0.25, 0.3) is 5.91 Å². The van der Waals surface area contributed by atoms with Crippen LogP contribution in [0.1, 0.15) is 29.0 Å². The minimum absolute atomic E-state index is 0.0793. The maximum Gasteiger partial charge on any atom is 0.274 e. The minimum atomic E-state index is -0.216. The lowest BCUT2D eigenvalue weighted by molar-refractivity contribution is -0.120. The lowest BCUT2D eigenvalue weighted by atomic mass is 9.79. The molecule has 26 heavy (non-hydrogen) atoms. The van der Waals surface area contributed by atoms with Gasteiger partial charge in [0, 0.05) is 31.8 Å². The van der Waals surface area contributed by atoms with Gasteiger partial charge in [-0.25, -0.2) is 4.98 Å². The van der Waals surface area contributed by atoms with Crippen molar-refractivity contribution < 1.29 is 14.3 Å². The van der Waals surface area contributed by atoms with Crippen molar-refractivity contribution >= 4 is 5.91 Å². The number of amides is 1. The van der Waals surface area contributed by atoms with Crippen molar-refractivity contribution in [1.82, 2.24) is 19.9 Å². The fourth-order valence-electron chi connectivity index (χ4n) is 3.74. The summed E-state index contributed by atoms with van der Waals surface area (Å²) in [4.78, 5) is 26.5. The summed E-state index contributed by atoms with van der Waals surface area (Å²) < 4.78 is 11.8. The van der Waals surface area contributed by atoms with Crippen LogP contribution < -0.4 is 0 Å². The average Bonchev–Trinajstić information content (AvgIpc) is 3.09. The summed E-state index contributed by atoms with van der Waals surface area (Å²) >= 11 is 0. The zero-order valence-electron chi connectivity index (χ0n) is 14.6. The first-order valence-electron chi connectivity index (χ1n) is 8.94. The third-order valence-corrected chi connectivity index (χ3v) is 5.17. The molecule has 0 saturated carbocycles.